The van der Waals surface area contributed by atoms with E-state index in [0.717, 1.165) is 0 Å². The summed E-state index contributed by atoms with van der Waals surface area (Å²) in [7, 11) is 0. The van der Waals surface area contributed by atoms with Crippen molar-refractivity contribution in [2.75, 3.05) is 6.54 Å². The average molecular weight is 257 g/mol. The molecule has 0 aromatic carbocycles. The van der Waals surface area contributed by atoms with Crippen molar-refractivity contribution in [3.05, 3.63) is 0 Å². The van der Waals surface area contributed by atoms with E-state index in [1.807, 2.05) is 13.8 Å². The normalized spacial score (nSPS) is 23.7. The molecule has 5 nitrogen and oxygen atoms in total. The van der Waals surface area contributed by atoms with Crippen LogP contribution in [0.4, 0.5) is 0 Å². The minimum atomic E-state index is -0.981. The number of carbonyl (C=O) groups excluding carboxylic acids is 1. The molecule has 0 aliphatic carbocycles. The molecule has 0 saturated carbocycles. The highest BCUT2D eigenvalue weighted by Gasteiger charge is 2.37. The molecular weight excluding hydrogens is 234 g/mol. The Balaban J connectivity index is 2.64. The number of hydrogen-bond donors (Lipinski definition) is 1. The van der Waals surface area contributed by atoms with Gasteiger partial charge in [0, 0.05) is 12.6 Å². The van der Waals surface area contributed by atoms with E-state index < -0.39 is 18.2 Å². The first-order valence-corrected chi connectivity index (χ1v) is 6.51. The number of carboxylic acid groups (broad SMARTS) is 1. The highest BCUT2D eigenvalue weighted by Crippen LogP contribution is 2.22. The Morgan fingerprint density at radius 3 is 2.17 bits per heavy atom. The molecular formula is C13H23NO4. The van der Waals surface area contributed by atoms with Gasteiger partial charge in [0.25, 0.3) is 5.91 Å². The summed E-state index contributed by atoms with van der Waals surface area (Å²) in [5, 5.41) is 8.86. The minimum Gasteiger partial charge on any atom is -0.479 e. The molecule has 1 saturated heterocycles. The highest BCUT2D eigenvalue weighted by molar-refractivity contribution is 5.83. The second-order valence-electron chi connectivity index (χ2n) is 5.51. The largest absolute Gasteiger partial charge is 0.479 e. The van der Waals surface area contributed by atoms with Gasteiger partial charge in [0.15, 0.2) is 6.10 Å². The fourth-order valence-electron chi connectivity index (χ4n) is 2.13. The summed E-state index contributed by atoms with van der Waals surface area (Å²) in [4.78, 5) is 24.9. The van der Waals surface area contributed by atoms with Crippen LogP contribution in [-0.4, -0.2) is 46.7 Å². The van der Waals surface area contributed by atoms with Crippen molar-refractivity contribution >= 4 is 11.9 Å². The Kier molecular flexibility index (Phi) is 5.14. The molecule has 18 heavy (non-hydrogen) atoms. The number of aliphatic carboxylic acids is 1. The van der Waals surface area contributed by atoms with Gasteiger partial charge in [0.1, 0.15) is 6.10 Å². The lowest BCUT2D eigenvalue weighted by Crippen LogP contribution is -2.45. The SMILES string of the molecule is CC(C)CN(C(=O)[C@@H]1CC[C@H](C(=O)O)O1)C(C)C. The summed E-state index contributed by atoms with van der Waals surface area (Å²) in [5.74, 6) is -0.680. The summed E-state index contributed by atoms with van der Waals surface area (Å²) < 4.78 is 5.31. The Bertz CT molecular complexity index is 314. The molecule has 5 heteroatoms. The molecule has 1 fully saturated rings. The van der Waals surface area contributed by atoms with Crippen LogP contribution in [-0.2, 0) is 14.3 Å². The standard InChI is InChI=1S/C13H23NO4/c1-8(2)7-14(9(3)4)12(15)10-5-6-11(18-10)13(16)17/h8-11H,5-7H2,1-4H3,(H,16,17)/t10-,11+/m0/s1. The van der Waals surface area contributed by atoms with E-state index in [1.165, 1.54) is 0 Å². The molecule has 0 unspecified atom stereocenters. The molecule has 0 aromatic heterocycles. The molecule has 0 bridgehead atoms. The van der Waals surface area contributed by atoms with Crippen LogP contribution in [0.1, 0.15) is 40.5 Å². The molecule has 1 aliphatic heterocycles. The van der Waals surface area contributed by atoms with Crippen LogP contribution in [0.5, 0.6) is 0 Å². The number of ether oxygens (including phenoxy) is 1. The van der Waals surface area contributed by atoms with Crippen molar-refractivity contribution in [1.82, 2.24) is 4.90 Å². The Morgan fingerprint density at radius 2 is 1.78 bits per heavy atom. The smallest absolute Gasteiger partial charge is 0.332 e. The van der Waals surface area contributed by atoms with Crippen LogP contribution in [0.15, 0.2) is 0 Å². The van der Waals surface area contributed by atoms with Gasteiger partial charge in [-0.05, 0) is 32.6 Å². The number of carboxylic acids is 1. The van der Waals surface area contributed by atoms with E-state index >= 15 is 0 Å². The number of nitrogens with zero attached hydrogens (tertiary/aromatic N) is 1. The van der Waals surface area contributed by atoms with Gasteiger partial charge in [0.05, 0.1) is 0 Å². The second-order valence-corrected chi connectivity index (χ2v) is 5.51. The molecule has 1 rings (SSSR count). The minimum absolute atomic E-state index is 0.0811. The van der Waals surface area contributed by atoms with Crippen LogP contribution in [0.2, 0.25) is 0 Å². The topological polar surface area (TPSA) is 66.8 Å². The van der Waals surface area contributed by atoms with E-state index in [1.54, 1.807) is 4.90 Å². The maximum absolute atomic E-state index is 12.3. The zero-order chi connectivity index (χ0) is 13.9. The van der Waals surface area contributed by atoms with E-state index in [-0.39, 0.29) is 11.9 Å². The lowest BCUT2D eigenvalue weighted by Gasteiger charge is -2.30. The summed E-state index contributed by atoms with van der Waals surface area (Å²) in [6.07, 6.45) is -0.504. The van der Waals surface area contributed by atoms with Crippen molar-refractivity contribution in [2.24, 2.45) is 5.92 Å². The number of rotatable bonds is 5. The number of amides is 1. The summed E-state index contributed by atoms with van der Waals surface area (Å²) in [5.41, 5.74) is 0. The summed E-state index contributed by atoms with van der Waals surface area (Å²) in [6.45, 7) is 8.71. The number of carbonyl (C=O) groups is 2. The van der Waals surface area contributed by atoms with Crippen LogP contribution in [0, 0.1) is 5.92 Å². The summed E-state index contributed by atoms with van der Waals surface area (Å²) >= 11 is 0. The molecule has 0 radical (unpaired) electrons. The zero-order valence-electron chi connectivity index (χ0n) is 11.5. The lowest BCUT2D eigenvalue weighted by molar-refractivity contribution is -0.155. The van der Waals surface area contributed by atoms with Gasteiger partial charge in [-0.1, -0.05) is 13.8 Å². The van der Waals surface area contributed by atoms with Crippen molar-refractivity contribution in [3.63, 3.8) is 0 Å². The van der Waals surface area contributed by atoms with Gasteiger partial charge < -0.3 is 14.7 Å². The first kappa shape index (κ1) is 15.0. The van der Waals surface area contributed by atoms with Gasteiger partial charge in [-0.3, -0.25) is 4.79 Å². The molecule has 1 N–H and O–H groups in total. The first-order valence-electron chi connectivity index (χ1n) is 6.51. The van der Waals surface area contributed by atoms with Crippen molar-refractivity contribution < 1.29 is 19.4 Å². The first-order chi connectivity index (χ1) is 8.32. The summed E-state index contributed by atoms with van der Waals surface area (Å²) in [6, 6.07) is 0.104. The van der Waals surface area contributed by atoms with E-state index in [2.05, 4.69) is 13.8 Å². The van der Waals surface area contributed by atoms with Crippen LogP contribution < -0.4 is 0 Å². The molecule has 1 heterocycles. The predicted molar refractivity (Wildman–Crippen MR) is 67.2 cm³/mol. The Hall–Kier alpha value is -1.10. The molecule has 104 valence electrons. The quantitative estimate of drug-likeness (QED) is 0.810. The third kappa shape index (κ3) is 3.70. The molecule has 2 atom stereocenters. The van der Waals surface area contributed by atoms with E-state index in [0.29, 0.717) is 25.3 Å². The average Bonchev–Trinajstić information content (AvgIpc) is 2.73. The predicted octanol–water partition coefficient (Wildman–Crippen LogP) is 1.51. The monoisotopic (exact) mass is 257 g/mol. The van der Waals surface area contributed by atoms with Gasteiger partial charge in [-0.15, -0.1) is 0 Å². The fraction of sp³-hybridized carbons (Fsp3) is 0.846. The van der Waals surface area contributed by atoms with Crippen molar-refractivity contribution in [2.45, 2.75) is 58.8 Å². The second kappa shape index (κ2) is 6.18. The zero-order valence-corrected chi connectivity index (χ0v) is 11.5. The van der Waals surface area contributed by atoms with Crippen molar-refractivity contribution in [1.29, 1.82) is 0 Å². The van der Waals surface area contributed by atoms with E-state index in [9.17, 15) is 9.59 Å². The molecule has 0 aromatic rings. The molecule has 1 aliphatic rings. The molecule has 1 amide bonds. The lowest BCUT2D eigenvalue weighted by atomic mass is 10.1. The van der Waals surface area contributed by atoms with Gasteiger partial charge in [-0.25, -0.2) is 4.79 Å². The van der Waals surface area contributed by atoms with Gasteiger partial charge in [0.2, 0.25) is 0 Å². The highest BCUT2D eigenvalue weighted by atomic mass is 16.5. The van der Waals surface area contributed by atoms with Gasteiger partial charge >= 0.3 is 5.97 Å². The maximum atomic E-state index is 12.3. The van der Waals surface area contributed by atoms with Crippen molar-refractivity contribution in [3.8, 4) is 0 Å². The molecule has 0 spiro atoms. The fourth-order valence-corrected chi connectivity index (χ4v) is 2.13. The van der Waals surface area contributed by atoms with Gasteiger partial charge in [-0.2, -0.15) is 0 Å². The third-order valence-corrected chi connectivity index (χ3v) is 3.04. The van der Waals surface area contributed by atoms with Crippen LogP contribution in [0.25, 0.3) is 0 Å². The number of hydrogen-bond acceptors (Lipinski definition) is 3. The van der Waals surface area contributed by atoms with Crippen LogP contribution >= 0.6 is 0 Å². The Morgan fingerprint density at radius 1 is 1.22 bits per heavy atom. The van der Waals surface area contributed by atoms with Crippen LogP contribution in [0.3, 0.4) is 0 Å². The Labute approximate surface area is 108 Å². The maximum Gasteiger partial charge on any atom is 0.332 e. The third-order valence-electron chi connectivity index (χ3n) is 3.04. The van der Waals surface area contributed by atoms with E-state index in [4.69, 9.17) is 9.84 Å².